The summed E-state index contributed by atoms with van der Waals surface area (Å²) in [5, 5.41) is 5.82. The minimum Gasteiger partial charge on any atom is -0.346 e. The van der Waals surface area contributed by atoms with E-state index in [-0.39, 0.29) is 48.5 Å². The Balaban J connectivity index is 0.687. The van der Waals surface area contributed by atoms with Crippen molar-refractivity contribution >= 4 is 69.8 Å². The van der Waals surface area contributed by atoms with Gasteiger partial charge in [-0.15, -0.1) is 0 Å². The molecule has 2 N–H and O–H groups in total. The summed E-state index contributed by atoms with van der Waals surface area (Å²) in [6, 6.07) is 41.3. The first-order chi connectivity index (χ1) is 39.0. The number of nitrogens with one attached hydrogen (secondary N) is 2. The van der Waals surface area contributed by atoms with Gasteiger partial charge in [0.25, 0.3) is 11.8 Å². The van der Waals surface area contributed by atoms with Gasteiger partial charge in [-0.25, -0.2) is 9.97 Å². The highest BCUT2D eigenvalue weighted by atomic mass is 16.2. The number of fused-ring (bicyclic) bond motifs is 4. The van der Waals surface area contributed by atoms with Gasteiger partial charge in [0, 0.05) is 65.5 Å². The first kappa shape index (κ1) is 58.1. The molecule has 0 aliphatic carbocycles. The van der Waals surface area contributed by atoms with Crippen molar-refractivity contribution < 1.29 is 28.8 Å². The molecule has 0 saturated heterocycles. The predicted octanol–water partition coefficient (Wildman–Crippen LogP) is 11.0. The Labute approximate surface area is 471 Å². The molecule has 80 heavy (non-hydrogen) atoms. The molecule has 16 heteroatoms. The number of rotatable bonds is 29. The first-order valence-electron chi connectivity index (χ1n) is 28.4. The van der Waals surface area contributed by atoms with Crippen LogP contribution in [0.15, 0.2) is 146 Å². The van der Waals surface area contributed by atoms with Crippen molar-refractivity contribution in [3.8, 4) is 0 Å². The largest absolute Gasteiger partial charge is 0.346 e. The normalized spacial score (nSPS) is 12.6. The SMILES string of the molecule is CN(CCCCCCCCN(C)C(=O)CCCCCN(CC(=O)N1c2ccccc2C(=O)Nc2cccnc21)Cc1ccccc1)C(=O)CCCCCN(CC(=O)N1c2ccccc2C(=O)Nc2cccnc21)Cc1ccccc1. The third kappa shape index (κ3) is 16.3. The lowest BCUT2D eigenvalue weighted by Gasteiger charge is -2.27. The molecule has 0 fully saturated rings. The van der Waals surface area contributed by atoms with Crippen LogP contribution in [0, 0.1) is 0 Å². The van der Waals surface area contributed by atoms with Crippen molar-refractivity contribution in [3.05, 3.63) is 168 Å². The first-order valence-corrected chi connectivity index (χ1v) is 28.4. The number of pyridine rings is 2. The average Bonchev–Trinajstić information content (AvgIpc) is 3.69. The van der Waals surface area contributed by atoms with Crippen molar-refractivity contribution in [1.82, 2.24) is 29.6 Å². The van der Waals surface area contributed by atoms with E-state index in [9.17, 15) is 28.8 Å². The third-order valence-corrected chi connectivity index (χ3v) is 14.8. The molecule has 2 aliphatic rings. The van der Waals surface area contributed by atoms with Crippen LogP contribution in [0.5, 0.6) is 0 Å². The number of nitrogens with zero attached hydrogens (tertiary/aromatic N) is 8. The van der Waals surface area contributed by atoms with Crippen molar-refractivity contribution in [3.63, 3.8) is 0 Å². The van der Waals surface area contributed by atoms with Gasteiger partial charge in [-0.2, -0.15) is 0 Å². The number of unbranched alkanes of at least 4 members (excludes halogenated alkanes) is 9. The molecule has 418 valence electrons. The molecule has 0 radical (unpaired) electrons. The number of aromatic nitrogens is 2. The average molecular weight is 1080 g/mol. The maximum absolute atomic E-state index is 14.3. The van der Waals surface area contributed by atoms with Gasteiger partial charge in [0.05, 0.1) is 47.0 Å². The molecule has 4 aromatic carbocycles. The molecular formula is C64H76N10O6. The van der Waals surface area contributed by atoms with Crippen LogP contribution in [0.1, 0.15) is 122 Å². The van der Waals surface area contributed by atoms with E-state index in [4.69, 9.17) is 0 Å². The molecule has 8 rings (SSSR count). The zero-order valence-corrected chi connectivity index (χ0v) is 46.4. The number of amides is 6. The quantitative estimate of drug-likeness (QED) is 0.0431. The Kier molecular flexibility index (Phi) is 21.6. The Morgan fingerprint density at radius 2 is 0.787 bits per heavy atom. The fourth-order valence-corrected chi connectivity index (χ4v) is 10.4. The van der Waals surface area contributed by atoms with Gasteiger partial charge in [0.2, 0.25) is 23.6 Å². The number of carbonyl (C=O) groups excluding carboxylic acids is 6. The molecule has 0 unspecified atom stereocenters. The predicted molar refractivity (Wildman–Crippen MR) is 315 cm³/mol. The van der Waals surface area contributed by atoms with Crippen LogP contribution in [0.4, 0.5) is 34.4 Å². The Bertz CT molecular complexity index is 2830. The topological polar surface area (TPSA) is 172 Å². The second-order valence-electron chi connectivity index (χ2n) is 20.9. The summed E-state index contributed by atoms with van der Waals surface area (Å²) in [6.45, 7) is 4.19. The van der Waals surface area contributed by atoms with E-state index in [1.807, 2.05) is 72.4 Å². The van der Waals surface area contributed by atoms with E-state index >= 15 is 0 Å². The lowest BCUT2D eigenvalue weighted by molar-refractivity contribution is -0.130. The molecule has 2 aliphatic heterocycles. The number of anilines is 6. The zero-order chi connectivity index (χ0) is 56.1. The van der Waals surface area contributed by atoms with Crippen LogP contribution in [0.3, 0.4) is 0 Å². The molecule has 6 amide bonds. The molecule has 0 spiro atoms. The highest BCUT2D eigenvalue weighted by molar-refractivity contribution is 6.18. The second kappa shape index (κ2) is 29.8. The summed E-state index contributed by atoms with van der Waals surface area (Å²) in [5.41, 5.74) is 4.96. The maximum Gasteiger partial charge on any atom is 0.257 e. The fraction of sp³-hybridized carbons (Fsp3) is 0.375. The summed E-state index contributed by atoms with van der Waals surface area (Å²) in [5.74, 6) is 0.141. The second-order valence-corrected chi connectivity index (χ2v) is 20.9. The van der Waals surface area contributed by atoms with E-state index in [0.29, 0.717) is 84.5 Å². The van der Waals surface area contributed by atoms with Crippen molar-refractivity contribution in [2.45, 2.75) is 103 Å². The van der Waals surface area contributed by atoms with Gasteiger partial charge in [-0.3, -0.25) is 48.4 Å². The van der Waals surface area contributed by atoms with Gasteiger partial charge >= 0.3 is 0 Å². The molecule has 0 saturated carbocycles. The highest BCUT2D eigenvalue weighted by Crippen LogP contribution is 2.38. The fourth-order valence-electron chi connectivity index (χ4n) is 10.4. The van der Waals surface area contributed by atoms with Crippen LogP contribution < -0.4 is 20.4 Å². The van der Waals surface area contributed by atoms with E-state index in [2.05, 4.69) is 54.7 Å². The van der Waals surface area contributed by atoms with Gasteiger partial charge in [0.1, 0.15) is 0 Å². The summed E-state index contributed by atoms with van der Waals surface area (Å²) in [4.78, 5) is 101. The van der Waals surface area contributed by atoms with Gasteiger partial charge in [0.15, 0.2) is 11.6 Å². The van der Waals surface area contributed by atoms with Gasteiger partial charge < -0.3 is 20.4 Å². The molecule has 2 aromatic heterocycles. The lowest BCUT2D eigenvalue weighted by atomic mass is 10.1. The molecule has 4 heterocycles. The number of para-hydroxylation sites is 2. The maximum atomic E-state index is 14.3. The van der Waals surface area contributed by atoms with E-state index in [1.165, 1.54) is 0 Å². The van der Waals surface area contributed by atoms with Crippen LogP contribution >= 0.6 is 0 Å². The molecular weight excluding hydrogens is 1000 g/mol. The highest BCUT2D eigenvalue weighted by Gasteiger charge is 2.33. The Hall–Kier alpha value is -8.08. The Morgan fingerprint density at radius 3 is 1.21 bits per heavy atom. The molecule has 16 nitrogen and oxygen atoms in total. The van der Waals surface area contributed by atoms with Crippen LogP contribution in [-0.4, -0.2) is 118 Å². The minimum absolute atomic E-state index is 0.120. The van der Waals surface area contributed by atoms with Crippen LogP contribution in [0.25, 0.3) is 0 Å². The van der Waals surface area contributed by atoms with Crippen molar-refractivity contribution in [1.29, 1.82) is 0 Å². The van der Waals surface area contributed by atoms with Gasteiger partial charge in [-0.1, -0.05) is 123 Å². The summed E-state index contributed by atoms with van der Waals surface area (Å²) in [6.07, 6.45) is 15.3. The van der Waals surface area contributed by atoms with E-state index in [1.54, 1.807) is 82.9 Å². The molecule has 0 bridgehead atoms. The Morgan fingerprint density at radius 1 is 0.425 bits per heavy atom. The summed E-state index contributed by atoms with van der Waals surface area (Å²) < 4.78 is 0. The third-order valence-electron chi connectivity index (χ3n) is 14.8. The van der Waals surface area contributed by atoms with E-state index in [0.717, 1.165) is 101 Å². The van der Waals surface area contributed by atoms with Crippen LogP contribution in [0.2, 0.25) is 0 Å². The number of hydrogen-bond donors (Lipinski definition) is 2. The number of benzene rings is 4. The van der Waals surface area contributed by atoms with Crippen molar-refractivity contribution in [2.24, 2.45) is 0 Å². The number of carbonyl (C=O) groups is 6. The monoisotopic (exact) mass is 1080 g/mol. The molecule has 0 atom stereocenters. The van der Waals surface area contributed by atoms with Gasteiger partial charge in [-0.05, 0) is 111 Å². The zero-order valence-electron chi connectivity index (χ0n) is 46.4. The van der Waals surface area contributed by atoms with Crippen molar-refractivity contribution in [2.75, 3.05) is 73.8 Å². The van der Waals surface area contributed by atoms with Crippen LogP contribution in [-0.2, 0) is 32.3 Å². The molecule has 6 aromatic rings. The minimum atomic E-state index is -0.287. The standard InChI is InChI=1S/C64H76N10O6/c1-69(57(75)37-15-9-23-43-71(45-49-27-11-7-12-28-49)47-59(77)73-55-35-19-17-31-51(55)63(79)67-53-33-25-39-65-61(53)73)41-21-5-3-4-6-22-42-70(2)58(76)38-16-10-24-44-72(46-50-29-13-8-14-30-50)48-60(78)74-56-36-20-18-32-52(56)64(80)68-54-34-26-40-66-62(54)74/h7-8,11-14,17-20,25-36,39-40H,3-6,9-10,15-16,21-24,37-38,41-48H2,1-2H3,(H,67,79)(H,68,80). The smallest absolute Gasteiger partial charge is 0.257 e. The number of hydrogen-bond acceptors (Lipinski definition) is 10. The van der Waals surface area contributed by atoms with E-state index < -0.39 is 0 Å². The summed E-state index contributed by atoms with van der Waals surface area (Å²) >= 11 is 0. The summed E-state index contributed by atoms with van der Waals surface area (Å²) in [7, 11) is 3.78. The lowest BCUT2D eigenvalue weighted by Crippen LogP contribution is -2.39.